The summed E-state index contributed by atoms with van der Waals surface area (Å²) in [4.78, 5) is 14.5. The molecule has 0 bridgehead atoms. The quantitative estimate of drug-likeness (QED) is 0.499. The molecule has 2 atom stereocenters. The molecule has 186 valence electrons. The molecule has 2 aliphatic heterocycles. The highest BCUT2D eigenvalue weighted by Crippen LogP contribution is 2.33. The predicted molar refractivity (Wildman–Crippen MR) is 134 cm³/mol. The Kier molecular flexibility index (Phi) is 8.99. The Balaban J connectivity index is 1.27. The fourth-order valence-corrected chi connectivity index (χ4v) is 4.80. The van der Waals surface area contributed by atoms with Crippen molar-refractivity contribution in [2.24, 2.45) is 0 Å². The lowest BCUT2D eigenvalue weighted by molar-refractivity contribution is -0.162. The van der Waals surface area contributed by atoms with Crippen LogP contribution < -0.4 is 10.2 Å². The standard InChI is InChI=1S/C28H35N3O4/c1-21(30-28(32)35-20-22-8-3-2-4-9-22)16-23-17-24-11-13-31(27(24)25(18-23)19-29)12-7-15-34-26-10-5-6-14-33-26/h2-4,8-9,17-18,21,26H,5-7,10-16,20H2,1H3,(H,30,32)/t21-,26?/m1/s1. The Morgan fingerprint density at radius 1 is 1.26 bits per heavy atom. The van der Waals surface area contributed by atoms with Gasteiger partial charge in [-0.3, -0.25) is 0 Å². The smallest absolute Gasteiger partial charge is 0.407 e. The Hall–Kier alpha value is -3.08. The minimum Gasteiger partial charge on any atom is -0.445 e. The fraction of sp³-hybridized carbons (Fsp3) is 0.500. The van der Waals surface area contributed by atoms with Gasteiger partial charge in [0.1, 0.15) is 12.7 Å². The van der Waals surface area contributed by atoms with Gasteiger partial charge in [0.15, 0.2) is 6.29 Å². The van der Waals surface area contributed by atoms with Crippen molar-refractivity contribution in [3.05, 3.63) is 64.7 Å². The summed E-state index contributed by atoms with van der Waals surface area (Å²) in [5, 5.41) is 12.7. The number of nitriles is 1. The fourth-order valence-electron chi connectivity index (χ4n) is 4.80. The maximum atomic E-state index is 12.2. The van der Waals surface area contributed by atoms with Crippen LogP contribution in [0.2, 0.25) is 0 Å². The number of amides is 1. The van der Waals surface area contributed by atoms with Crippen LogP contribution in [0, 0.1) is 11.3 Å². The molecule has 1 N–H and O–H groups in total. The summed E-state index contributed by atoms with van der Waals surface area (Å²) in [6.07, 6.45) is 5.23. The third-order valence-electron chi connectivity index (χ3n) is 6.47. The van der Waals surface area contributed by atoms with E-state index in [0.717, 1.165) is 62.2 Å². The van der Waals surface area contributed by atoms with E-state index in [-0.39, 0.29) is 18.9 Å². The van der Waals surface area contributed by atoms with Gasteiger partial charge in [-0.2, -0.15) is 5.26 Å². The molecule has 0 spiro atoms. The monoisotopic (exact) mass is 477 g/mol. The Morgan fingerprint density at radius 3 is 2.89 bits per heavy atom. The summed E-state index contributed by atoms with van der Waals surface area (Å²) in [6.45, 7) is 5.42. The molecule has 1 unspecified atom stereocenters. The van der Waals surface area contributed by atoms with E-state index in [1.807, 2.05) is 43.3 Å². The topological polar surface area (TPSA) is 83.8 Å². The van der Waals surface area contributed by atoms with Crippen LogP contribution in [0.25, 0.3) is 0 Å². The number of benzene rings is 2. The summed E-state index contributed by atoms with van der Waals surface area (Å²) in [7, 11) is 0. The first kappa shape index (κ1) is 25.0. The summed E-state index contributed by atoms with van der Waals surface area (Å²) in [6, 6.07) is 16.0. The van der Waals surface area contributed by atoms with Gasteiger partial charge < -0.3 is 24.4 Å². The van der Waals surface area contributed by atoms with E-state index in [0.29, 0.717) is 18.6 Å². The van der Waals surface area contributed by atoms with Gasteiger partial charge in [-0.15, -0.1) is 0 Å². The largest absolute Gasteiger partial charge is 0.445 e. The zero-order valence-corrected chi connectivity index (χ0v) is 20.5. The number of nitrogens with zero attached hydrogens (tertiary/aromatic N) is 2. The molecule has 0 aromatic heterocycles. The molecule has 2 aromatic carbocycles. The first-order valence-corrected chi connectivity index (χ1v) is 12.6. The molecule has 0 aliphatic carbocycles. The number of nitrogens with one attached hydrogen (secondary N) is 1. The Morgan fingerprint density at radius 2 is 2.11 bits per heavy atom. The highest BCUT2D eigenvalue weighted by atomic mass is 16.7. The average Bonchev–Trinajstić information content (AvgIpc) is 3.29. The molecule has 1 saturated heterocycles. The lowest BCUT2D eigenvalue weighted by Crippen LogP contribution is -2.34. The number of anilines is 1. The van der Waals surface area contributed by atoms with Gasteiger partial charge in [-0.1, -0.05) is 36.4 Å². The number of hydrogen-bond acceptors (Lipinski definition) is 6. The second kappa shape index (κ2) is 12.6. The van der Waals surface area contributed by atoms with Gasteiger partial charge in [0.2, 0.25) is 0 Å². The molecular weight excluding hydrogens is 442 g/mol. The summed E-state index contributed by atoms with van der Waals surface area (Å²) < 4.78 is 16.8. The van der Waals surface area contributed by atoms with E-state index in [2.05, 4.69) is 22.4 Å². The molecule has 4 rings (SSSR count). The van der Waals surface area contributed by atoms with Crippen LogP contribution in [0.3, 0.4) is 0 Å². The van der Waals surface area contributed by atoms with E-state index >= 15 is 0 Å². The van der Waals surface area contributed by atoms with Gasteiger partial charge in [0.05, 0.1) is 17.9 Å². The molecule has 7 nitrogen and oxygen atoms in total. The number of carbonyl (C=O) groups is 1. The highest BCUT2D eigenvalue weighted by Gasteiger charge is 2.24. The first-order valence-electron chi connectivity index (χ1n) is 12.6. The van der Waals surface area contributed by atoms with Crippen molar-refractivity contribution in [1.82, 2.24) is 5.32 Å². The minimum atomic E-state index is -0.435. The molecule has 1 amide bonds. The lowest BCUT2D eigenvalue weighted by Gasteiger charge is -2.24. The highest BCUT2D eigenvalue weighted by molar-refractivity contribution is 5.69. The van der Waals surface area contributed by atoms with Crippen LogP contribution in [0.15, 0.2) is 42.5 Å². The zero-order chi connectivity index (χ0) is 24.5. The van der Waals surface area contributed by atoms with Crippen LogP contribution in [-0.2, 0) is 33.7 Å². The van der Waals surface area contributed by atoms with Crippen molar-refractivity contribution in [2.45, 2.75) is 64.4 Å². The molecule has 0 radical (unpaired) electrons. The van der Waals surface area contributed by atoms with E-state index in [1.54, 1.807) is 0 Å². The van der Waals surface area contributed by atoms with Crippen molar-refractivity contribution < 1.29 is 19.0 Å². The number of ether oxygens (including phenoxy) is 3. The second-order valence-corrected chi connectivity index (χ2v) is 9.33. The van der Waals surface area contributed by atoms with Crippen LogP contribution in [0.5, 0.6) is 0 Å². The molecule has 7 heteroatoms. The molecule has 2 heterocycles. The molecule has 0 saturated carbocycles. The zero-order valence-electron chi connectivity index (χ0n) is 20.5. The molecular formula is C28H35N3O4. The summed E-state index contributed by atoms with van der Waals surface area (Å²) >= 11 is 0. The van der Waals surface area contributed by atoms with Gasteiger partial charge in [0.25, 0.3) is 0 Å². The second-order valence-electron chi connectivity index (χ2n) is 9.33. The molecule has 35 heavy (non-hydrogen) atoms. The average molecular weight is 478 g/mol. The minimum absolute atomic E-state index is 0.0574. The number of fused-ring (bicyclic) bond motifs is 1. The number of carbonyl (C=O) groups excluding carboxylic acids is 1. The lowest BCUT2D eigenvalue weighted by atomic mass is 9.99. The van der Waals surface area contributed by atoms with Gasteiger partial charge in [0, 0.05) is 25.7 Å². The van der Waals surface area contributed by atoms with Crippen molar-refractivity contribution in [1.29, 1.82) is 5.26 Å². The van der Waals surface area contributed by atoms with Gasteiger partial charge >= 0.3 is 6.09 Å². The van der Waals surface area contributed by atoms with Crippen LogP contribution >= 0.6 is 0 Å². The molecule has 2 aromatic rings. The van der Waals surface area contributed by atoms with Crippen molar-refractivity contribution in [2.75, 3.05) is 31.2 Å². The first-order chi connectivity index (χ1) is 17.1. The van der Waals surface area contributed by atoms with E-state index in [1.165, 1.54) is 12.0 Å². The van der Waals surface area contributed by atoms with Gasteiger partial charge in [-0.05, 0) is 68.2 Å². The van der Waals surface area contributed by atoms with Crippen LogP contribution in [0.4, 0.5) is 10.5 Å². The Labute approximate surface area is 208 Å². The van der Waals surface area contributed by atoms with Crippen molar-refractivity contribution >= 4 is 11.8 Å². The Bertz CT molecular complexity index is 1010. The van der Waals surface area contributed by atoms with E-state index in [4.69, 9.17) is 14.2 Å². The maximum Gasteiger partial charge on any atom is 0.407 e. The van der Waals surface area contributed by atoms with E-state index < -0.39 is 6.09 Å². The van der Waals surface area contributed by atoms with Crippen molar-refractivity contribution in [3.63, 3.8) is 0 Å². The van der Waals surface area contributed by atoms with Gasteiger partial charge in [-0.25, -0.2) is 4.79 Å². The summed E-state index contributed by atoms with van der Waals surface area (Å²) in [5.41, 5.74) is 4.95. The number of rotatable bonds is 10. The summed E-state index contributed by atoms with van der Waals surface area (Å²) in [5.74, 6) is 0. The third-order valence-corrected chi connectivity index (χ3v) is 6.47. The SMILES string of the molecule is C[C@H](Cc1cc(C#N)c2c(c1)CCN2CCCOC1CCCCO1)NC(=O)OCc1ccccc1. The molecule has 2 aliphatic rings. The van der Waals surface area contributed by atoms with E-state index in [9.17, 15) is 10.1 Å². The number of alkyl carbamates (subject to hydrolysis) is 1. The van der Waals surface area contributed by atoms with Crippen LogP contribution in [0.1, 0.15) is 54.9 Å². The normalized spacial score (nSPS) is 17.9. The van der Waals surface area contributed by atoms with Crippen molar-refractivity contribution in [3.8, 4) is 6.07 Å². The number of hydrogen-bond donors (Lipinski definition) is 1. The third kappa shape index (κ3) is 7.20. The molecule has 1 fully saturated rings. The van der Waals surface area contributed by atoms with Crippen LogP contribution in [-0.4, -0.2) is 44.7 Å². The maximum absolute atomic E-state index is 12.2. The predicted octanol–water partition coefficient (Wildman–Crippen LogP) is 4.71.